The summed E-state index contributed by atoms with van der Waals surface area (Å²) in [5, 5.41) is 408. The molecule has 0 unspecified atom stereocenters. The lowest BCUT2D eigenvalue weighted by Gasteiger charge is -2.51. The lowest BCUT2D eigenvalue weighted by molar-refractivity contribution is -0.411. The SMILES string of the molecule is CC(=O)N[C@@H]1[C@@H](O)[C@H](O[C@@H]2O[C@H](CO)[C@@H](O[C@@H]3O[C@H](CO[C@H]4O[C@H](CO[C@H]5O[C@H](CO)[C@@H](O)[C@H](O)[C@@H]5O[C@H]5O[C@H](CO)[C@@H](O)[C@H](O)[C@@H]5O)[C@@H](O)[C@H](O[C@H]5O[C@H](CO)[C@@H](O)[C@H](O)[C@@H]5O[C@H]5O[C@H](CO)[C@@H](O)[C@H](O)[C@@H]5O)[C@@H]4O)[C@@H](O)[C@H](O[C@H]4O[C@H](CO)[C@@H](O)[C@H](O)[C@@H]4O[C@H]4O[C@H](CO)[C@@H](O)[C@H](O)[C@@H]4O[C@H]4O[C@H](CO)[C@@H](O)[C@H](O[C@H]5O[C@H](CO)[C@@H](O)[C@H](O)[C@@H]5O)[C@@H]4O)[C@@H]3O)[C@H](O)[C@H]2NC(C)=O)[C@@H](CO)O[C@H]1O. The smallest absolute Gasteiger partial charge is 0.217 e. The summed E-state index contributed by atoms with van der Waals surface area (Å²) in [6.07, 6.45) is -130. The Morgan fingerprint density at radius 1 is 0.187 bits per heavy atom. The molecule has 0 aromatic carbocycles. The van der Waals surface area contributed by atoms with Crippen LogP contribution in [0.3, 0.4) is 0 Å². The number of hydrogen-bond donors (Lipinski definition) is 38. The van der Waals surface area contributed by atoms with Crippen LogP contribution in [0.2, 0.25) is 0 Å². The highest BCUT2D eigenvalue weighted by molar-refractivity contribution is 5.73. The summed E-state index contributed by atoms with van der Waals surface area (Å²) in [7, 11) is 0. The fourth-order valence-electron chi connectivity index (χ4n) is 17.9. The van der Waals surface area contributed by atoms with Crippen molar-refractivity contribution >= 4 is 11.8 Å². The first kappa shape index (κ1) is 114. The molecule has 0 aromatic heterocycles. The second-order valence-electron chi connectivity index (χ2n) is 35.2. The molecule has 12 aliphatic rings. The summed E-state index contributed by atoms with van der Waals surface area (Å²) < 4.78 is 136. The number of rotatable bonds is 36. The molecule has 12 saturated heterocycles. The molecule has 63 nitrogen and oxygen atoms in total. The van der Waals surface area contributed by atoms with Crippen LogP contribution >= 0.6 is 0 Å². The Morgan fingerprint density at radius 3 is 0.734 bits per heavy atom. The molecule has 12 fully saturated rings. The predicted molar refractivity (Wildman–Crippen MR) is 418 cm³/mol. The quantitative estimate of drug-likeness (QED) is 0.0277. The van der Waals surface area contributed by atoms with Gasteiger partial charge in [-0.05, 0) is 0 Å². The number of nitrogens with one attached hydrogen (secondary N) is 2. The van der Waals surface area contributed by atoms with Crippen molar-refractivity contribution in [1.29, 1.82) is 0 Å². The summed E-state index contributed by atoms with van der Waals surface area (Å²) in [6.45, 7) is -12.4. The van der Waals surface area contributed by atoms with Gasteiger partial charge in [-0.3, -0.25) is 9.59 Å². The van der Waals surface area contributed by atoms with Crippen LogP contribution in [0.5, 0.6) is 0 Å². The molecule has 12 rings (SSSR count). The second kappa shape index (κ2) is 49.8. The first-order valence-corrected chi connectivity index (χ1v) is 44.2. The van der Waals surface area contributed by atoms with E-state index in [1.165, 1.54) is 0 Å². The van der Waals surface area contributed by atoms with Gasteiger partial charge in [-0.1, -0.05) is 0 Å². The van der Waals surface area contributed by atoms with E-state index in [1.54, 1.807) is 0 Å². The third-order valence-electron chi connectivity index (χ3n) is 25.9. The van der Waals surface area contributed by atoms with E-state index in [9.17, 15) is 193 Å². The van der Waals surface area contributed by atoms with Gasteiger partial charge in [0.2, 0.25) is 11.8 Å². The number of ether oxygens (including phenoxy) is 23. The molecular formula is C76H128N2O61. The van der Waals surface area contributed by atoms with Crippen LogP contribution in [0, 0.1) is 0 Å². The minimum atomic E-state index is -2.75. The van der Waals surface area contributed by atoms with Crippen molar-refractivity contribution in [1.82, 2.24) is 10.6 Å². The van der Waals surface area contributed by atoms with E-state index in [4.69, 9.17) is 109 Å². The summed E-state index contributed by atoms with van der Waals surface area (Å²) in [4.78, 5) is 25.5. The largest absolute Gasteiger partial charge is 0.394 e. The van der Waals surface area contributed by atoms with E-state index in [0.717, 1.165) is 13.8 Å². The number of hydrogen-bond acceptors (Lipinski definition) is 61. The van der Waals surface area contributed by atoms with Crippen molar-refractivity contribution in [2.45, 2.75) is 382 Å². The van der Waals surface area contributed by atoms with Crippen molar-refractivity contribution in [3.63, 3.8) is 0 Å². The van der Waals surface area contributed by atoms with Crippen LogP contribution in [-0.2, 0) is 119 Å². The fraction of sp³-hybridized carbons (Fsp3) is 0.974. The van der Waals surface area contributed by atoms with E-state index >= 15 is 0 Å². The Hall–Kier alpha value is -3.42. The molecular weight excluding hydrogens is 1920 g/mol. The highest BCUT2D eigenvalue weighted by Gasteiger charge is 2.63. The van der Waals surface area contributed by atoms with Crippen molar-refractivity contribution in [2.24, 2.45) is 0 Å². The topological polar surface area (TPSA) is 999 Å². The lowest BCUT2D eigenvalue weighted by atomic mass is 9.94. The normalized spacial score (nSPS) is 51.9. The van der Waals surface area contributed by atoms with Gasteiger partial charge in [0.05, 0.1) is 79.3 Å². The first-order chi connectivity index (χ1) is 65.9. The summed E-state index contributed by atoms with van der Waals surface area (Å²) in [5.41, 5.74) is 0. The zero-order valence-corrected chi connectivity index (χ0v) is 73.4. The van der Waals surface area contributed by atoms with E-state index in [0.29, 0.717) is 0 Å². The number of aliphatic hydroxyl groups is 36. The fourth-order valence-corrected chi connectivity index (χ4v) is 17.9. The van der Waals surface area contributed by atoms with E-state index in [1.807, 2.05) is 0 Å². The molecule has 0 radical (unpaired) electrons. The summed E-state index contributed by atoms with van der Waals surface area (Å²) in [6, 6.07) is -3.77. The Kier molecular flexibility index (Phi) is 41.0. The number of carbonyl (C=O) groups is 2. The molecule has 12 aliphatic heterocycles. The molecule has 139 heavy (non-hydrogen) atoms. The zero-order chi connectivity index (χ0) is 102. The van der Waals surface area contributed by atoms with Gasteiger partial charge in [0, 0.05) is 13.8 Å². The molecule has 0 saturated carbocycles. The molecule has 2 amide bonds. The minimum Gasteiger partial charge on any atom is -0.394 e. The lowest BCUT2D eigenvalue weighted by Crippen LogP contribution is -2.70. The third kappa shape index (κ3) is 24.5. The Balaban J connectivity index is 0.905. The van der Waals surface area contributed by atoms with Crippen molar-refractivity contribution in [2.75, 3.05) is 79.3 Å². The summed E-state index contributed by atoms with van der Waals surface area (Å²) >= 11 is 0. The molecule has 0 spiro atoms. The first-order valence-electron chi connectivity index (χ1n) is 44.2. The van der Waals surface area contributed by atoms with Crippen molar-refractivity contribution in [3.8, 4) is 0 Å². The molecule has 0 aliphatic carbocycles. The molecule has 0 aromatic rings. The highest BCUT2D eigenvalue weighted by atomic mass is 16.8. The Labute approximate surface area is 784 Å². The van der Waals surface area contributed by atoms with Gasteiger partial charge in [-0.2, -0.15) is 0 Å². The molecule has 12 heterocycles. The van der Waals surface area contributed by atoms with Gasteiger partial charge in [-0.25, -0.2) is 0 Å². The standard InChI is InChI=1S/C76H128N2O61/c1-15(89)77-29-41(101)56(25(11-87)119-65(29)116)131-66-30(78-16(2)90)42(102)57(26(12-88)128-66)132-72-55(115)60(135-75-64(49(109)37(97)22(8-84)126-75)139-76-63(48(108)36(96)23(9-85)127-76)138-71-54(114)58(38(98)24(10-86)123-71)133-68-50(110)43(103)31(91)17(3-79)120-68)40(100)28(130-72)13-117-67-53(113)59(134-74-62(47(107)35(95)21(7-83)125-74)137-70-52(112)45(105)33(93)19(5-81)122-70)39(99)27(129-67)14-118-73-61(46(106)34(94)20(6-82)124-73)136-69-51(111)44(104)32(92)18(4-80)121-69/h17-76,79-88,91-116H,3-14H2,1-2H3,(H,77,89)(H,78,90)/t17-,18-,19-,20-,21-,22-,23-,24-,25-,26-,27-,28-,29-,30-,31-,32-,33-,34-,35-,36-,37-,38-,39-,40-,41-,42-,43+,44+,45+,46+,47+,48+,49+,50+,51+,52+,53+,54+,55+,56-,57-,58+,59+,60+,61+,62+,63+,64+,65-,66+,67+,68-,69-,70-,71-,72+,73+,74-,75-,76-/m1/s1. The maximum atomic E-state index is 13.2. The Bertz CT molecular complexity index is 3730. The molecule has 38 N–H and O–H groups in total. The van der Waals surface area contributed by atoms with E-state index in [-0.39, 0.29) is 0 Å². The van der Waals surface area contributed by atoms with Crippen LogP contribution in [-0.4, -0.2) is 643 Å². The summed E-state index contributed by atoms with van der Waals surface area (Å²) in [5.74, 6) is -1.86. The molecule has 63 heteroatoms. The number of amides is 2. The molecule has 60 atom stereocenters. The number of aliphatic hydroxyl groups excluding tert-OH is 36. The third-order valence-corrected chi connectivity index (χ3v) is 25.9. The van der Waals surface area contributed by atoms with E-state index in [2.05, 4.69) is 10.6 Å². The monoisotopic (exact) mass is 2040 g/mol. The minimum absolute atomic E-state index is 0.840. The van der Waals surface area contributed by atoms with Gasteiger partial charge in [0.25, 0.3) is 0 Å². The molecule has 808 valence electrons. The number of carbonyl (C=O) groups excluding carboxylic acids is 2. The van der Waals surface area contributed by atoms with Crippen LogP contribution in [0.25, 0.3) is 0 Å². The van der Waals surface area contributed by atoms with Gasteiger partial charge < -0.3 is 303 Å². The van der Waals surface area contributed by atoms with Gasteiger partial charge in [-0.15, -0.1) is 0 Å². The van der Waals surface area contributed by atoms with Crippen LogP contribution in [0.4, 0.5) is 0 Å². The molecule has 0 bridgehead atoms. The Morgan fingerprint density at radius 2 is 0.396 bits per heavy atom. The maximum absolute atomic E-state index is 13.2. The highest BCUT2D eigenvalue weighted by Crippen LogP contribution is 2.43. The predicted octanol–water partition coefficient (Wildman–Crippen LogP) is -26.9. The van der Waals surface area contributed by atoms with Crippen molar-refractivity contribution < 1.29 is 302 Å². The maximum Gasteiger partial charge on any atom is 0.217 e. The van der Waals surface area contributed by atoms with Crippen LogP contribution in [0.1, 0.15) is 13.8 Å². The zero-order valence-electron chi connectivity index (χ0n) is 73.4. The average molecular weight is 2050 g/mol. The second-order valence-corrected chi connectivity index (χ2v) is 35.2. The average Bonchev–Trinajstić information content (AvgIpc) is 0.764. The van der Waals surface area contributed by atoms with Crippen LogP contribution < -0.4 is 10.6 Å². The van der Waals surface area contributed by atoms with Gasteiger partial charge in [0.15, 0.2) is 75.5 Å². The van der Waals surface area contributed by atoms with Crippen molar-refractivity contribution in [3.05, 3.63) is 0 Å². The van der Waals surface area contributed by atoms with Crippen LogP contribution in [0.15, 0.2) is 0 Å². The van der Waals surface area contributed by atoms with E-state index < -0.39 is 459 Å². The van der Waals surface area contributed by atoms with Gasteiger partial charge in [0.1, 0.15) is 293 Å². The van der Waals surface area contributed by atoms with Gasteiger partial charge >= 0.3 is 0 Å².